The molecule has 1 aliphatic heterocycles. The van der Waals surface area contributed by atoms with Crippen molar-refractivity contribution in [3.05, 3.63) is 101 Å². The van der Waals surface area contributed by atoms with Gasteiger partial charge in [0.1, 0.15) is 5.60 Å². The molecule has 1 aliphatic rings. The largest absolute Gasteiger partial charge is 0.460 e. The maximum Gasteiger partial charge on any atom is 0.306 e. The van der Waals surface area contributed by atoms with Crippen molar-refractivity contribution in [2.75, 3.05) is 18.0 Å². The van der Waals surface area contributed by atoms with Crippen LogP contribution in [0.5, 0.6) is 0 Å². The molecule has 0 aliphatic carbocycles. The molecule has 3 aromatic carbocycles. The minimum atomic E-state index is -0.497. The SMILES string of the molecule is Cc1cccc(CC(NC(=O)Cc2ccc3[nH]cc(CCC(=O)OC(C)(C)C)c3c2)c2ccccc2N2CCCCC2)c1. The van der Waals surface area contributed by atoms with Crippen LogP contribution in [0.3, 0.4) is 0 Å². The number of esters is 1. The summed E-state index contributed by atoms with van der Waals surface area (Å²) in [6, 6.07) is 23.1. The minimum absolute atomic E-state index is 0.00343. The van der Waals surface area contributed by atoms with Crippen molar-refractivity contribution in [2.24, 2.45) is 0 Å². The summed E-state index contributed by atoms with van der Waals surface area (Å²) >= 11 is 0. The lowest BCUT2D eigenvalue weighted by atomic mass is 9.95. The molecule has 0 saturated carbocycles. The molecule has 5 rings (SSSR count). The predicted octanol–water partition coefficient (Wildman–Crippen LogP) is 7.38. The summed E-state index contributed by atoms with van der Waals surface area (Å²) in [5.41, 5.74) is 7.32. The summed E-state index contributed by atoms with van der Waals surface area (Å²) in [6.45, 7) is 9.85. The molecule has 2 heterocycles. The first kappa shape index (κ1) is 30.4. The van der Waals surface area contributed by atoms with E-state index in [1.807, 2.05) is 39.1 Å². The minimum Gasteiger partial charge on any atom is -0.460 e. The topological polar surface area (TPSA) is 74.4 Å². The van der Waals surface area contributed by atoms with E-state index < -0.39 is 5.60 Å². The summed E-state index contributed by atoms with van der Waals surface area (Å²) in [6.07, 6.45) is 7.52. The van der Waals surface area contributed by atoms with E-state index in [1.165, 1.54) is 41.6 Å². The molecular formula is C37H45N3O3. The molecule has 1 aromatic heterocycles. The number of carbonyl (C=O) groups excluding carboxylic acids is 2. The number of carbonyl (C=O) groups is 2. The third kappa shape index (κ3) is 8.28. The number of aryl methyl sites for hydroxylation is 2. The van der Waals surface area contributed by atoms with Gasteiger partial charge in [-0.2, -0.15) is 0 Å². The van der Waals surface area contributed by atoms with Crippen LogP contribution in [0.4, 0.5) is 5.69 Å². The lowest BCUT2D eigenvalue weighted by Gasteiger charge is -2.33. The lowest BCUT2D eigenvalue weighted by molar-refractivity contribution is -0.154. The molecule has 6 nitrogen and oxygen atoms in total. The van der Waals surface area contributed by atoms with Crippen molar-refractivity contribution in [1.29, 1.82) is 0 Å². The Balaban J connectivity index is 1.34. The fraction of sp³-hybridized carbons (Fsp3) is 0.405. The first-order valence-corrected chi connectivity index (χ1v) is 15.6. The van der Waals surface area contributed by atoms with E-state index in [9.17, 15) is 9.59 Å². The number of rotatable bonds is 10. The quantitative estimate of drug-likeness (QED) is 0.192. The Hall–Kier alpha value is -4.06. The number of ether oxygens (including phenoxy) is 1. The number of aromatic amines is 1. The number of hydrogen-bond donors (Lipinski definition) is 2. The number of fused-ring (bicyclic) bond motifs is 1. The summed E-state index contributed by atoms with van der Waals surface area (Å²) in [5, 5.41) is 4.46. The van der Waals surface area contributed by atoms with E-state index in [2.05, 4.69) is 76.7 Å². The molecule has 1 saturated heterocycles. The Morgan fingerprint density at radius 3 is 2.51 bits per heavy atom. The van der Waals surface area contributed by atoms with E-state index in [4.69, 9.17) is 4.74 Å². The zero-order chi connectivity index (χ0) is 30.4. The van der Waals surface area contributed by atoms with Gasteiger partial charge in [0.2, 0.25) is 5.91 Å². The number of benzene rings is 3. The van der Waals surface area contributed by atoms with Crippen LogP contribution < -0.4 is 10.2 Å². The summed E-state index contributed by atoms with van der Waals surface area (Å²) < 4.78 is 5.49. The van der Waals surface area contributed by atoms with Gasteiger partial charge in [0.05, 0.1) is 12.5 Å². The Bertz CT molecular complexity index is 1560. The monoisotopic (exact) mass is 579 g/mol. The normalized spacial score (nSPS) is 14.5. The van der Waals surface area contributed by atoms with Crippen molar-refractivity contribution in [3.8, 4) is 0 Å². The average molecular weight is 580 g/mol. The molecular weight excluding hydrogens is 534 g/mol. The van der Waals surface area contributed by atoms with Crippen LogP contribution in [-0.2, 0) is 33.6 Å². The van der Waals surface area contributed by atoms with E-state index in [0.717, 1.165) is 41.5 Å². The third-order valence-corrected chi connectivity index (χ3v) is 8.08. The molecule has 43 heavy (non-hydrogen) atoms. The van der Waals surface area contributed by atoms with Crippen molar-refractivity contribution < 1.29 is 14.3 Å². The van der Waals surface area contributed by atoms with Crippen molar-refractivity contribution in [1.82, 2.24) is 10.3 Å². The highest BCUT2D eigenvalue weighted by atomic mass is 16.6. The van der Waals surface area contributed by atoms with Gasteiger partial charge in [-0.25, -0.2) is 0 Å². The number of anilines is 1. The molecule has 1 amide bonds. The lowest BCUT2D eigenvalue weighted by Crippen LogP contribution is -2.35. The van der Waals surface area contributed by atoms with Gasteiger partial charge in [-0.1, -0.05) is 54.1 Å². The zero-order valence-electron chi connectivity index (χ0n) is 26.0. The van der Waals surface area contributed by atoms with Crippen LogP contribution in [0, 0.1) is 6.92 Å². The van der Waals surface area contributed by atoms with E-state index in [-0.39, 0.29) is 24.3 Å². The number of aromatic nitrogens is 1. The molecule has 1 atom stereocenters. The second-order valence-electron chi connectivity index (χ2n) is 12.9. The number of nitrogens with one attached hydrogen (secondary N) is 2. The summed E-state index contributed by atoms with van der Waals surface area (Å²) in [7, 11) is 0. The maximum atomic E-state index is 13.7. The second kappa shape index (κ2) is 13.5. The van der Waals surface area contributed by atoms with Gasteiger partial charge < -0.3 is 19.9 Å². The molecule has 4 aromatic rings. The molecule has 1 fully saturated rings. The average Bonchev–Trinajstić information content (AvgIpc) is 3.37. The van der Waals surface area contributed by atoms with Crippen molar-refractivity contribution in [3.63, 3.8) is 0 Å². The van der Waals surface area contributed by atoms with Gasteiger partial charge in [0.15, 0.2) is 0 Å². The number of piperidine rings is 1. The first-order chi connectivity index (χ1) is 20.6. The van der Waals surface area contributed by atoms with Gasteiger partial charge in [0, 0.05) is 42.3 Å². The zero-order valence-corrected chi connectivity index (χ0v) is 26.0. The van der Waals surface area contributed by atoms with Crippen LogP contribution in [-0.4, -0.2) is 35.6 Å². The Morgan fingerprint density at radius 2 is 1.74 bits per heavy atom. The van der Waals surface area contributed by atoms with Gasteiger partial charge >= 0.3 is 5.97 Å². The van der Waals surface area contributed by atoms with E-state index >= 15 is 0 Å². The van der Waals surface area contributed by atoms with Crippen molar-refractivity contribution >= 4 is 28.5 Å². The van der Waals surface area contributed by atoms with Gasteiger partial charge in [-0.15, -0.1) is 0 Å². The Labute approximate surface area is 255 Å². The second-order valence-corrected chi connectivity index (χ2v) is 12.9. The summed E-state index contributed by atoms with van der Waals surface area (Å²) in [5.74, 6) is -0.210. The molecule has 0 spiro atoms. The van der Waals surface area contributed by atoms with Crippen LogP contribution >= 0.6 is 0 Å². The van der Waals surface area contributed by atoms with E-state index in [1.54, 1.807) is 0 Å². The molecule has 6 heteroatoms. The van der Waals surface area contributed by atoms with Crippen LogP contribution in [0.2, 0.25) is 0 Å². The first-order valence-electron chi connectivity index (χ1n) is 15.6. The van der Waals surface area contributed by atoms with Crippen LogP contribution in [0.15, 0.2) is 72.9 Å². The smallest absolute Gasteiger partial charge is 0.306 e. The molecule has 226 valence electrons. The highest BCUT2D eigenvalue weighted by Gasteiger charge is 2.23. The number of hydrogen-bond acceptors (Lipinski definition) is 4. The maximum absolute atomic E-state index is 13.7. The highest BCUT2D eigenvalue weighted by molar-refractivity contribution is 5.86. The van der Waals surface area contributed by atoms with Gasteiger partial charge in [-0.05, 0) is 100 Å². The fourth-order valence-electron chi connectivity index (χ4n) is 6.12. The van der Waals surface area contributed by atoms with Crippen molar-refractivity contribution in [2.45, 2.75) is 84.3 Å². The van der Waals surface area contributed by atoms with Gasteiger partial charge in [0.25, 0.3) is 0 Å². The van der Waals surface area contributed by atoms with E-state index in [0.29, 0.717) is 12.8 Å². The Morgan fingerprint density at radius 1 is 0.953 bits per heavy atom. The number of nitrogens with zero attached hydrogens (tertiary/aromatic N) is 1. The number of amides is 1. The van der Waals surface area contributed by atoms with Gasteiger partial charge in [-0.3, -0.25) is 9.59 Å². The predicted molar refractivity (Wildman–Crippen MR) is 174 cm³/mol. The fourth-order valence-corrected chi connectivity index (χ4v) is 6.12. The third-order valence-electron chi connectivity index (χ3n) is 8.08. The van der Waals surface area contributed by atoms with Crippen LogP contribution in [0.1, 0.15) is 80.3 Å². The molecule has 2 N–H and O–H groups in total. The number of para-hydroxylation sites is 1. The molecule has 0 bridgehead atoms. The van der Waals surface area contributed by atoms with Crippen LogP contribution in [0.25, 0.3) is 10.9 Å². The Kier molecular flexibility index (Phi) is 9.54. The molecule has 1 unspecified atom stereocenters. The summed E-state index contributed by atoms with van der Waals surface area (Å²) in [4.78, 5) is 31.7. The molecule has 0 radical (unpaired) electrons. The standard InChI is InChI=1S/C37H45N3O3/c1-26-11-10-12-27(21-26)23-33(30-13-6-7-14-34(30)40-19-8-5-9-20-40)39-35(41)24-28-15-17-32-31(22-28)29(25-38-32)16-18-36(42)43-37(2,3)4/h6-7,10-15,17,21-22,25,33,38H,5,8-9,16,18-20,23-24H2,1-4H3,(H,39,41). The number of H-pyrrole nitrogens is 1. The highest BCUT2D eigenvalue weighted by Crippen LogP contribution is 2.31.